The molecule has 8 nitrogen and oxygen atoms in total. The van der Waals surface area contributed by atoms with Crippen molar-refractivity contribution in [2.24, 2.45) is 0 Å². The minimum atomic E-state index is -3.79. The zero-order valence-corrected chi connectivity index (χ0v) is 16.1. The van der Waals surface area contributed by atoms with Crippen LogP contribution in [0.15, 0.2) is 76.2 Å². The third-order valence-electron chi connectivity index (χ3n) is 3.91. The highest BCUT2D eigenvalue weighted by molar-refractivity contribution is 7.92. The van der Waals surface area contributed by atoms with Crippen LogP contribution in [0.3, 0.4) is 0 Å². The van der Waals surface area contributed by atoms with E-state index >= 15 is 0 Å². The number of furan rings is 1. The van der Waals surface area contributed by atoms with E-state index in [1.807, 2.05) is 0 Å². The fourth-order valence-corrected chi connectivity index (χ4v) is 3.51. The van der Waals surface area contributed by atoms with E-state index in [9.17, 15) is 18.0 Å². The number of rotatable bonds is 7. The molecule has 0 aliphatic heterocycles. The Kier molecular flexibility index (Phi) is 5.99. The largest absolute Gasteiger partial charge is 0.465 e. The predicted molar refractivity (Wildman–Crippen MR) is 103 cm³/mol. The van der Waals surface area contributed by atoms with Gasteiger partial charge in [-0.1, -0.05) is 18.2 Å². The molecule has 0 aliphatic carbocycles. The Balaban J connectivity index is 1.66. The van der Waals surface area contributed by atoms with Gasteiger partial charge in [-0.15, -0.1) is 0 Å². The van der Waals surface area contributed by atoms with E-state index in [0.717, 1.165) is 0 Å². The van der Waals surface area contributed by atoms with Gasteiger partial charge in [-0.2, -0.15) is 0 Å². The van der Waals surface area contributed by atoms with Crippen LogP contribution in [0.25, 0.3) is 0 Å². The van der Waals surface area contributed by atoms with E-state index < -0.39 is 22.0 Å². The molecule has 1 N–H and O–H groups in total. The molecular formula is C20H17NO7S. The molecule has 2 aromatic carbocycles. The second-order valence-corrected chi connectivity index (χ2v) is 7.50. The van der Waals surface area contributed by atoms with Crippen molar-refractivity contribution in [3.8, 4) is 0 Å². The van der Waals surface area contributed by atoms with Crippen LogP contribution in [0.1, 0.15) is 26.5 Å². The second-order valence-electron chi connectivity index (χ2n) is 5.82. The van der Waals surface area contributed by atoms with E-state index in [1.165, 1.54) is 43.7 Å². The molecule has 1 aromatic heterocycles. The Morgan fingerprint density at radius 3 is 2.31 bits per heavy atom. The number of hydrogen-bond acceptors (Lipinski definition) is 7. The number of hydrogen-bond donors (Lipinski definition) is 1. The third kappa shape index (κ3) is 4.82. The normalized spacial score (nSPS) is 10.9. The van der Waals surface area contributed by atoms with Gasteiger partial charge in [-0.3, -0.25) is 4.72 Å². The molecule has 0 fully saturated rings. The highest BCUT2D eigenvalue weighted by atomic mass is 32.2. The van der Waals surface area contributed by atoms with Crippen LogP contribution in [0.4, 0.5) is 5.69 Å². The summed E-state index contributed by atoms with van der Waals surface area (Å²) in [6.45, 7) is -0.272. The number of methoxy groups -OCH3 is 1. The first-order chi connectivity index (χ1) is 13.9. The van der Waals surface area contributed by atoms with Crippen LogP contribution in [0.5, 0.6) is 0 Å². The summed E-state index contributed by atoms with van der Waals surface area (Å²) < 4.78 is 42.1. The lowest BCUT2D eigenvalue weighted by Crippen LogP contribution is -2.13. The highest BCUT2D eigenvalue weighted by Crippen LogP contribution is 2.18. The minimum Gasteiger partial charge on any atom is -0.465 e. The SMILES string of the molecule is COC(=O)c1ccoc1COC(=O)c1ccc(S(=O)(=O)Nc2ccccc2)cc1. The number of benzene rings is 2. The van der Waals surface area contributed by atoms with Gasteiger partial charge >= 0.3 is 11.9 Å². The molecule has 0 bridgehead atoms. The summed E-state index contributed by atoms with van der Waals surface area (Å²) in [5.74, 6) is -1.15. The van der Waals surface area contributed by atoms with Crippen molar-refractivity contribution in [3.63, 3.8) is 0 Å². The second kappa shape index (κ2) is 8.61. The number of nitrogens with one attached hydrogen (secondary N) is 1. The standard InChI is InChI=1S/C20H17NO7S/c1-26-20(23)17-11-12-27-18(17)13-28-19(22)14-7-9-16(10-8-14)29(24,25)21-15-5-3-2-4-6-15/h2-12,21H,13H2,1H3. The van der Waals surface area contributed by atoms with Crippen molar-refractivity contribution in [1.29, 1.82) is 0 Å². The van der Waals surface area contributed by atoms with Gasteiger partial charge in [0.05, 0.1) is 23.8 Å². The molecule has 0 radical (unpaired) electrons. The monoisotopic (exact) mass is 415 g/mol. The van der Waals surface area contributed by atoms with Crippen molar-refractivity contribution in [1.82, 2.24) is 0 Å². The van der Waals surface area contributed by atoms with Gasteiger partial charge in [0.15, 0.2) is 12.4 Å². The number of esters is 2. The first-order valence-electron chi connectivity index (χ1n) is 8.40. The van der Waals surface area contributed by atoms with Gasteiger partial charge in [0.2, 0.25) is 0 Å². The quantitative estimate of drug-likeness (QED) is 0.590. The highest BCUT2D eigenvalue weighted by Gasteiger charge is 2.18. The summed E-state index contributed by atoms with van der Waals surface area (Å²) in [7, 11) is -2.56. The van der Waals surface area contributed by atoms with Crippen molar-refractivity contribution < 1.29 is 31.9 Å². The number of ether oxygens (including phenoxy) is 2. The topological polar surface area (TPSA) is 112 Å². The molecule has 3 aromatic rings. The fourth-order valence-electron chi connectivity index (χ4n) is 2.45. The summed E-state index contributed by atoms with van der Waals surface area (Å²) >= 11 is 0. The number of anilines is 1. The summed E-state index contributed by atoms with van der Waals surface area (Å²) in [5, 5.41) is 0. The van der Waals surface area contributed by atoms with Crippen molar-refractivity contribution in [2.75, 3.05) is 11.8 Å². The lowest BCUT2D eigenvalue weighted by molar-refractivity contribution is 0.0432. The molecule has 0 atom stereocenters. The van der Waals surface area contributed by atoms with Crippen LogP contribution in [0, 0.1) is 0 Å². The number of sulfonamides is 1. The zero-order valence-electron chi connectivity index (χ0n) is 15.3. The maximum Gasteiger partial charge on any atom is 0.341 e. The van der Waals surface area contributed by atoms with E-state index in [2.05, 4.69) is 9.46 Å². The molecule has 0 unspecified atom stereocenters. The first-order valence-corrected chi connectivity index (χ1v) is 9.89. The summed E-state index contributed by atoms with van der Waals surface area (Å²) in [5.41, 5.74) is 0.736. The van der Waals surface area contributed by atoms with E-state index in [0.29, 0.717) is 5.69 Å². The summed E-state index contributed by atoms with van der Waals surface area (Å²) in [4.78, 5) is 23.8. The molecule has 0 aliphatic rings. The number of carbonyl (C=O) groups is 2. The third-order valence-corrected chi connectivity index (χ3v) is 5.31. The Hall–Kier alpha value is -3.59. The van der Waals surface area contributed by atoms with E-state index in [-0.39, 0.29) is 28.4 Å². The Bertz CT molecular complexity index is 1100. The van der Waals surface area contributed by atoms with Gasteiger partial charge in [-0.25, -0.2) is 18.0 Å². The molecule has 29 heavy (non-hydrogen) atoms. The lowest BCUT2D eigenvalue weighted by Gasteiger charge is -2.09. The Labute approximate surface area is 167 Å². The number of carbonyl (C=O) groups excluding carboxylic acids is 2. The first kappa shape index (κ1) is 20.2. The van der Waals surface area contributed by atoms with Crippen LogP contribution < -0.4 is 4.72 Å². The van der Waals surface area contributed by atoms with Crippen LogP contribution >= 0.6 is 0 Å². The predicted octanol–water partition coefficient (Wildman–Crippen LogP) is 3.22. The van der Waals surface area contributed by atoms with Crippen molar-refractivity contribution in [2.45, 2.75) is 11.5 Å². The van der Waals surface area contributed by atoms with E-state index in [1.54, 1.807) is 30.3 Å². The van der Waals surface area contributed by atoms with Crippen LogP contribution in [-0.4, -0.2) is 27.5 Å². The van der Waals surface area contributed by atoms with Gasteiger partial charge < -0.3 is 13.9 Å². The van der Waals surface area contributed by atoms with Crippen molar-refractivity contribution in [3.05, 3.63) is 83.8 Å². The summed E-state index contributed by atoms with van der Waals surface area (Å²) in [6.07, 6.45) is 1.29. The van der Waals surface area contributed by atoms with Crippen LogP contribution in [0.2, 0.25) is 0 Å². The Morgan fingerprint density at radius 2 is 1.66 bits per heavy atom. The molecule has 0 spiro atoms. The Morgan fingerprint density at radius 1 is 0.966 bits per heavy atom. The van der Waals surface area contributed by atoms with Gasteiger partial charge in [-0.05, 0) is 42.5 Å². The molecule has 1 heterocycles. The van der Waals surface area contributed by atoms with Crippen LogP contribution in [-0.2, 0) is 26.1 Å². The lowest BCUT2D eigenvalue weighted by atomic mass is 10.2. The minimum absolute atomic E-state index is 0.00286. The van der Waals surface area contributed by atoms with E-state index in [4.69, 9.17) is 9.15 Å². The fraction of sp³-hybridized carbons (Fsp3) is 0.100. The van der Waals surface area contributed by atoms with Gasteiger partial charge in [0.1, 0.15) is 5.56 Å². The van der Waals surface area contributed by atoms with Crippen molar-refractivity contribution >= 4 is 27.6 Å². The smallest absolute Gasteiger partial charge is 0.341 e. The molecule has 3 rings (SSSR count). The molecule has 0 saturated heterocycles. The maximum absolute atomic E-state index is 12.4. The summed E-state index contributed by atoms with van der Waals surface area (Å²) in [6, 6.07) is 15.1. The molecule has 9 heteroatoms. The average Bonchev–Trinajstić information content (AvgIpc) is 3.20. The average molecular weight is 415 g/mol. The van der Waals surface area contributed by atoms with Gasteiger partial charge in [0.25, 0.3) is 10.0 Å². The molecular weight excluding hydrogens is 398 g/mol. The number of para-hydroxylation sites is 1. The van der Waals surface area contributed by atoms with Gasteiger partial charge in [0, 0.05) is 5.69 Å². The molecule has 0 amide bonds. The molecule has 150 valence electrons. The maximum atomic E-state index is 12.4. The zero-order chi connectivity index (χ0) is 20.9. The molecule has 0 saturated carbocycles.